The van der Waals surface area contributed by atoms with Crippen LogP contribution < -0.4 is 0 Å². The van der Waals surface area contributed by atoms with Crippen LogP contribution in [0.5, 0.6) is 0 Å². The van der Waals surface area contributed by atoms with Crippen LogP contribution in [0.2, 0.25) is 5.02 Å². The van der Waals surface area contributed by atoms with Gasteiger partial charge >= 0.3 is 0 Å². The minimum Gasteiger partial charge on any atom is -0.381 e. The summed E-state index contributed by atoms with van der Waals surface area (Å²) in [6, 6.07) is 2.22. The van der Waals surface area contributed by atoms with E-state index in [1.165, 1.54) is 5.56 Å². The van der Waals surface area contributed by atoms with Gasteiger partial charge in [0, 0.05) is 10.9 Å². The number of nitrogens with zero attached hydrogens (tertiary/aromatic N) is 2. The number of aliphatic hydroxyl groups is 1. The van der Waals surface area contributed by atoms with Crippen LogP contribution in [-0.2, 0) is 6.42 Å². The molecule has 1 N–H and O–H groups in total. The molecule has 98 valence electrons. The first-order chi connectivity index (χ1) is 8.56. The Bertz CT molecular complexity index is 533. The average Bonchev–Trinajstić information content (AvgIpc) is 2.93. The van der Waals surface area contributed by atoms with Gasteiger partial charge in [0.05, 0.1) is 16.9 Å². The van der Waals surface area contributed by atoms with Crippen molar-refractivity contribution in [1.82, 2.24) is 9.78 Å². The van der Waals surface area contributed by atoms with Gasteiger partial charge in [-0.3, -0.25) is 4.68 Å². The van der Waals surface area contributed by atoms with E-state index in [0.29, 0.717) is 10.7 Å². The summed E-state index contributed by atoms with van der Waals surface area (Å²) in [6.45, 7) is 6.13. The Hall–Kier alpha value is -0.840. The zero-order chi connectivity index (χ0) is 13.3. The molecule has 0 aromatic carbocycles. The molecule has 1 atom stereocenters. The van der Waals surface area contributed by atoms with Crippen LogP contribution in [0.1, 0.15) is 49.1 Å². The van der Waals surface area contributed by atoms with E-state index in [9.17, 15) is 5.11 Å². The Balaban J connectivity index is 2.45. The maximum Gasteiger partial charge on any atom is 0.132 e. The van der Waals surface area contributed by atoms with Gasteiger partial charge < -0.3 is 5.11 Å². The number of thiophene rings is 1. The molecular formula is C13H17ClN2OS. The first kappa shape index (κ1) is 13.6. The highest BCUT2D eigenvalue weighted by Gasteiger charge is 2.23. The Labute approximate surface area is 116 Å². The summed E-state index contributed by atoms with van der Waals surface area (Å²) in [5.41, 5.74) is 1.85. The van der Waals surface area contributed by atoms with Crippen molar-refractivity contribution in [3.05, 3.63) is 38.8 Å². The van der Waals surface area contributed by atoms with E-state index < -0.39 is 6.10 Å². The van der Waals surface area contributed by atoms with Crippen molar-refractivity contribution >= 4 is 22.9 Å². The van der Waals surface area contributed by atoms with Gasteiger partial charge in [-0.25, -0.2) is 0 Å². The second-order valence-electron chi connectivity index (χ2n) is 4.48. The van der Waals surface area contributed by atoms with E-state index in [1.807, 2.05) is 25.3 Å². The number of aromatic nitrogens is 2. The minimum atomic E-state index is -0.697. The summed E-state index contributed by atoms with van der Waals surface area (Å²) < 4.78 is 1.78. The lowest BCUT2D eigenvalue weighted by atomic mass is 10.1. The summed E-state index contributed by atoms with van der Waals surface area (Å²) in [7, 11) is 0. The van der Waals surface area contributed by atoms with Crippen molar-refractivity contribution in [3.8, 4) is 0 Å². The van der Waals surface area contributed by atoms with Crippen molar-refractivity contribution < 1.29 is 5.11 Å². The van der Waals surface area contributed by atoms with Gasteiger partial charge in [-0.05, 0) is 37.3 Å². The van der Waals surface area contributed by atoms with Gasteiger partial charge in [0.1, 0.15) is 6.10 Å². The van der Waals surface area contributed by atoms with Crippen LogP contribution in [-0.4, -0.2) is 14.9 Å². The lowest BCUT2D eigenvalue weighted by Gasteiger charge is -2.16. The zero-order valence-corrected chi connectivity index (χ0v) is 12.3. The van der Waals surface area contributed by atoms with Crippen LogP contribution >= 0.6 is 22.9 Å². The van der Waals surface area contributed by atoms with Gasteiger partial charge in [0.15, 0.2) is 0 Å². The van der Waals surface area contributed by atoms with Crippen molar-refractivity contribution in [1.29, 1.82) is 0 Å². The first-order valence-corrected chi connectivity index (χ1v) is 7.29. The van der Waals surface area contributed by atoms with E-state index in [0.717, 1.165) is 11.3 Å². The van der Waals surface area contributed by atoms with Crippen molar-refractivity contribution in [2.24, 2.45) is 0 Å². The first-order valence-electron chi connectivity index (χ1n) is 6.03. The molecule has 2 rings (SSSR count). The molecule has 2 aromatic heterocycles. The Morgan fingerprint density at radius 2 is 2.22 bits per heavy atom. The monoisotopic (exact) mass is 284 g/mol. The van der Waals surface area contributed by atoms with Crippen LogP contribution in [0.4, 0.5) is 0 Å². The van der Waals surface area contributed by atoms with Gasteiger partial charge in [-0.2, -0.15) is 5.10 Å². The van der Waals surface area contributed by atoms with Crippen LogP contribution in [0, 0.1) is 0 Å². The summed E-state index contributed by atoms with van der Waals surface area (Å²) in [4.78, 5) is 0.960. The minimum absolute atomic E-state index is 0.173. The highest BCUT2D eigenvalue weighted by atomic mass is 35.5. The van der Waals surface area contributed by atoms with Crippen molar-refractivity contribution in [2.75, 3.05) is 0 Å². The fourth-order valence-corrected chi connectivity index (χ4v) is 3.24. The molecule has 1 unspecified atom stereocenters. The topological polar surface area (TPSA) is 38.1 Å². The number of rotatable bonds is 4. The van der Waals surface area contributed by atoms with Crippen LogP contribution in [0.15, 0.2) is 17.6 Å². The molecule has 0 amide bonds. The van der Waals surface area contributed by atoms with Crippen molar-refractivity contribution in [3.63, 3.8) is 0 Å². The smallest absolute Gasteiger partial charge is 0.132 e. The maximum absolute atomic E-state index is 10.6. The Morgan fingerprint density at radius 1 is 1.50 bits per heavy atom. The summed E-state index contributed by atoms with van der Waals surface area (Å²) >= 11 is 7.72. The lowest BCUT2D eigenvalue weighted by molar-refractivity contribution is 0.208. The quantitative estimate of drug-likeness (QED) is 0.927. The van der Waals surface area contributed by atoms with Crippen LogP contribution in [0.25, 0.3) is 0 Å². The lowest BCUT2D eigenvalue weighted by Crippen LogP contribution is -2.12. The Morgan fingerprint density at radius 3 is 2.83 bits per heavy atom. The second kappa shape index (κ2) is 5.43. The molecule has 2 heterocycles. The largest absolute Gasteiger partial charge is 0.381 e. The van der Waals surface area contributed by atoms with Gasteiger partial charge in [0.2, 0.25) is 0 Å². The fourth-order valence-electron chi connectivity index (χ4n) is 2.02. The molecule has 5 heteroatoms. The van der Waals surface area contributed by atoms with E-state index in [-0.39, 0.29) is 6.04 Å². The van der Waals surface area contributed by atoms with Gasteiger partial charge in [-0.15, -0.1) is 11.3 Å². The van der Waals surface area contributed by atoms with Gasteiger partial charge in [-0.1, -0.05) is 18.5 Å². The second-order valence-corrected chi connectivity index (χ2v) is 5.84. The standard InChI is InChI=1S/C13H17ClN2OS/c1-4-9-5-6-18-13(9)12(17)11-10(14)7-15-16(11)8(2)3/h5-8,12,17H,4H2,1-3H3. The number of hydrogen-bond acceptors (Lipinski definition) is 3. The third-order valence-electron chi connectivity index (χ3n) is 2.95. The third kappa shape index (κ3) is 2.32. The molecular weight excluding hydrogens is 268 g/mol. The third-order valence-corrected chi connectivity index (χ3v) is 4.25. The molecule has 0 radical (unpaired) electrons. The molecule has 0 bridgehead atoms. The Kier molecular flexibility index (Phi) is 4.10. The summed E-state index contributed by atoms with van der Waals surface area (Å²) in [6.07, 6.45) is 1.81. The van der Waals surface area contributed by atoms with Gasteiger partial charge in [0.25, 0.3) is 0 Å². The SMILES string of the molecule is CCc1ccsc1C(O)c1c(Cl)cnn1C(C)C. The molecule has 0 aliphatic rings. The van der Waals surface area contributed by atoms with E-state index in [1.54, 1.807) is 22.2 Å². The molecule has 0 aliphatic carbocycles. The normalized spacial score (nSPS) is 13.2. The van der Waals surface area contributed by atoms with Crippen LogP contribution in [0.3, 0.4) is 0 Å². The van der Waals surface area contributed by atoms with E-state index in [4.69, 9.17) is 11.6 Å². The molecule has 2 aromatic rings. The van der Waals surface area contributed by atoms with Crippen molar-refractivity contribution in [2.45, 2.75) is 39.3 Å². The summed E-state index contributed by atoms with van der Waals surface area (Å²) in [5, 5.41) is 17.3. The molecule has 18 heavy (non-hydrogen) atoms. The number of aliphatic hydroxyl groups excluding tert-OH is 1. The maximum atomic E-state index is 10.6. The molecule has 0 spiro atoms. The number of halogens is 1. The highest BCUT2D eigenvalue weighted by Crippen LogP contribution is 2.34. The summed E-state index contributed by atoms with van der Waals surface area (Å²) in [5.74, 6) is 0. The number of aryl methyl sites for hydroxylation is 1. The fraction of sp³-hybridized carbons (Fsp3) is 0.462. The number of hydrogen-bond donors (Lipinski definition) is 1. The predicted molar refractivity (Wildman–Crippen MR) is 75.4 cm³/mol. The average molecular weight is 285 g/mol. The predicted octanol–water partition coefficient (Wildman–Crippen LogP) is 3.82. The van der Waals surface area contributed by atoms with E-state index in [2.05, 4.69) is 12.0 Å². The molecule has 0 aliphatic heterocycles. The molecule has 0 saturated heterocycles. The van der Waals surface area contributed by atoms with E-state index >= 15 is 0 Å². The molecule has 3 nitrogen and oxygen atoms in total. The molecule has 0 fully saturated rings. The highest BCUT2D eigenvalue weighted by molar-refractivity contribution is 7.10. The zero-order valence-electron chi connectivity index (χ0n) is 10.7. The molecule has 0 saturated carbocycles.